The van der Waals surface area contributed by atoms with Gasteiger partial charge in [-0.3, -0.25) is 4.57 Å². The number of hydrogen-bond acceptors (Lipinski definition) is 4. The molecule has 0 unspecified atom stereocenters. The minimum Gasteiger partial charge on any atom is -0.457 e. The Balaban J connectivity index is 1.39. The molecule has 0 aliphatic heterocycles. The summed E-state index contributed by atoms with van der Waals surface area (Å²) in [6, 6.07) is 2.50. The predicted molar refractivity (Wildman–Crippen MR) is 421 cm³/mol. The van der Waals surface area contributed by atoms with E-state index in [-0.39, 0.29) is 0 Å². The molecule has 0 saturated carbocycles. The molecule has 0 bridgehead atoms. The first-order chi connectivity index (χ1) is 36.0. The number of hydrogen-bond donors (Lipinski definition) is 0. The van der Waals surface area contributed by atoms with Crippen LogP contribution in [0.15, 0.2) is 10.5 Å². The molecule has 0 radical (unpaired) electrons. The Labute approximate surface area is 480 Å². The summed E-state index contributed by atoms with van der Waals surface area (Å²) in [6.45, 7) is 2.29. The Morgan fingerprint density at radius 2 is 0.662 bits per heavy atom. The molecule has 5 nitrogen and oxygen atoms in total. The van der Waals surface area contributed by atoms with E-state index in [1.54, 1.807) is 0 Å². The van der Waals surface area contributed by atoms with Gasteiger partial charge in [0.05, 0.1) is 5.52 Å². The van der Waals surface area contributed by atoms with E-state index in [4.69, 9.17) is 19.4 Å². The number of nitrogens with zero attached hydrogens (tertiary/aromatic N) is 4. The molecule has 3 heterocycles. The Hall–Kier alpha value is -5.16. The van der Waals surface area contributed by atoms with Crippen LogP contribution >= 0.6 is 0 Å². The van der Waals surface area contributed by atoms with Gasteiger partial charge in [-0.25, -0.2) is 4.98 Å². The van der Waals surface area contributed by atoms with Crippen molar-refractivity contribution in [2.45, 2.75) is 6.92 Å². The normalized spacial score (nSPS) is 11.8. The third-order valence-electron chi connectivity index (χ3n) is 21.1. The van der Waals surface area contributed by atoms with Crippen LogP contribution in [0.25, 0.3) is 94.7 Å². The molecule has 10 aromatic rings. The molecule has 3 aromatic heterocycles. The molecule has 0 amide bonds. The van der Waals surface area contributed by atoms with Gasteiger partial charge in [-0.1, -0.05) is 81.9 Å². The number of aromatic nitrogens is 4. The SMILES string of the molecule is Bc1c(B)c(B)c(-c2nc(-c3c(B)c(C)c4c(oc5c(B)c(B)c(B)c(-c6c(B)c(B)c(B)c(B)c6B)c54)c3B)nc(-n3c4c(B)c(B)c(-c5c(B)c(B)c(B)c(B)c5B)cc4c4c(B)c(B)c(B)c(B)c43)n2)c(B)c1B. The van der Waals surface area contributed by atoms with Gasteiger partial charge in [-0.15, -0.1) is 54.6 Å². The van der Waals surface area contributed by atoms with E-state index in [0.29, 0.717) is 17.6 Å². The average molecular weight is 962 g/mol. The lowest BCUT2D eigenvalue weighted by atomic mass is 9.58. The van der Waals surface area contributed by atoms with E-state index in [1.165, 1.54) is 180 Å². The van der Waals surface area contributed by atoms with E-state index in [9.17, 15) is 0 Å². The molecule has 77 heavy (non-hydrogen) atoms. The monoisotopic (exact) mass is 967 g/mol. The van der Waals surface area contributed by atoms with E-state index < -0.39 is 0 Å². The van der Waals surface area contributed by atoms with E-state index >= 15 is 0 Å². The number of rotatable bonds is 5. The zero-order chi connectivity index (χ0) is 56.5. The van der Waals surface area contributed by atoms with Gasteiger partial charge < -0.3 is 4.42 Å². The first-order valence-electron chi connectivity index (χ1n) is 28.0. The van der Waals surface area contributed by atoms with Crippen LogP contribution in [0.2, 0.25) is 0 Å². The van der Waals surface area contributed by atoms with E-state index in [2.05, 4.69) is 222 Å². The Morgan fingerprint density at radius 1 is 0.299 bits per heavy atom. The maximum Gasteiger partial charge on any atom is 0.238 e. The second-order valence-electron chi connectivity index (χ2n) is 23.9. The molecule has 0 aliphatic carbocycles. The lowest BCUT2D eigenvalue weighted by Gasteiger charge is -2.24. The zero-order valence-corrected chi connectivity index (χ0v) is 51.8. The average Bonchev–Trinajstić information content (AvgIpc) is 4.13. The Bertz CT molecular complexity index is 4350. The fourth-order valence-electron chi connectivity index (χ4n) is 14.0. The third-order valence-corrected chi connectivity index (χ3v) is 21.1. The zero-order valence-electron chi connectivity index (χ0n) is 51.8. The Kier molecular flexibility index (Phi) is 13.6. The summed E-state index contributed by atoms with van der Waals surface area (Å²) in [7, 11) is 59.2. The molecular formula is C46H56B26N4O. The van der Waals surface area contributed by atoms with E-state index in [1.807, 2.05) is 0 Å². The van der Waals surface area contributed by atoms with Gasteiger partial charge in [0.25, 0.3) is 0 Å². The van der Waals surface area contributed by atoms with Crippen LogP contribution in [-0.2, 0) is 0 Å². The number of aryl methyl sites for hydroxylation is 1. The van der Waals surface area contributed by atoms with Crippen LogP contribution in [0, 0.1) is 6.92 Å². The first-order valence-corrected chi connectivity index (χ1v) is 28.0. The second kappa shape index (κ2) is 19.0. The Morgan fingerprint density at radius 3 is 1.16 bits per heavy atom. The maximum absolute atomic E-state index is 7.38. The highest BCUT2D eigenvalue weighted by Crippen LogP contribution is 2.36. The van der Waals surface area contributed by atoms with Gasteiger partial charge in [0, 0.05) is 38.2 Å². The largest absolute Gasteiger partial charge is 0.457 e. The summed E-state index contributed by atoms with van der Waals surface area (Å²) < 4.78 is 9.80. The predicted octanol–water partition coefficient (Wildman–Crippen LogP) is -33.4. The van der Waals surface area contributed by atoms with Crippen LogP contribution in [0.1, 0.15) is 5.56 Å². The fourth-order valence-corrected chi connectivity index (χ4v) is 14.0. The highest BCUT2D eigenvalue weighted by atomic mass is 16.3. The first kappa shape index (κ1) is 55.2. The van der Waals surface area contributed by atoms with Crippen LogP contribution in [0.3, 0.4) is 0 Å². The van der Waals surface area contributed by atoms with E-state index in [0.717, 1.165) is 44.3 Å². The van der Waals surface area contributed by atoms with Crippen molar-refractivity contribution in [2.75, 3.05) is 0 Å². The minimum atomic E-state index is 0.622. The molecule has 10 rings (SSSR count). The topological polar surface area (TPSA) is 56.7 Å². The van der Waals surface area contributed by atoms with Gasteiger partial charge >= 0.3 is 0 Å². The highest BCUT2D eigenvalue weighted by molar-refractivity contribution is 6.74. The number of benzene rings is 7. The summed E-state index contributed by atoms with van der Waals surface area (Å²) >= 11 is 0. The van der Waals surface area contributed by atoms with Crippen molar-refractivity contribution in [3.05, 3.63) is 11.6 Å². The van der Waals surface area contributed by atoms with Crippen molar-refractivity contribution < 1.29 is 4.42 Å². The quantitative estimate of drug-likeness (QED) is 0.161. The van der Waals surface area contributed by atoms with Crippen molar-refractivity contribution in [3.63, 3.8) is 0 Å². The molecule has 344 valence electrons. The van der Waals surface area contributed by atoms with Crippen molar-refractivity contribution in [1.29, 1.82) is 0 Å². The van der Waals surface area contributed by atoms with Crippen LogP contribution in [0.5, 0.6) is 0 Å². The summed E-state index contributed by atoms with van der Waals surface area (Å²) in [5.41, 5.74) is 45.9. The van der Waals surface area contributed by atoms with Crippen molar-refractivity contribution in [1.82, 2.24) is 19.5 Å². The van der Waals surface area contributed by atoms with Crippen LogP contribution < -0.4 is 142 Å². The van der Waals surface area contributed by atoms with Gasteiger partial charge in [0.1, 0.15) is 215 Å². The van der Waals surface area contributed by atoms with Gasteiger partial charge in [-0.05, 0) is 46.3 Å². The van der Waals surface area contributed by atoms with Crippen LogP contribution in [0.4, 0.5) is 0 Å². The minimum absolute atomic E-state index is 0.622. The van der Waals surface area contributed by atoms with Gasteiger partial charge in [0.15, 0.2) is 11.6 Å². The standard InChI is InChI=1S/C46H56B26N4O/c1-3-6-10-9(11-20(53)28(61)34(67)29(62)21(11)54)19(52)32(65)39(72)43(10)77-42(6)24(57)12(14(3)47)44-73-45(13-22(55)30(63)35(68)31(64)23(13)56)75-46(74-44)76-40-5(8-18(51)27(60)36(69)38(71)41(8)76)2-4(15(48)37(40)70)7-16(49)25(58)33(66)26(59)17(7)50/h2H,47-72H2,1H3. The summed E-state index contributed by atoms with van der Waals surface area (Å²) in [6.07, 6.45) is 0. The maximum atomic E-state index is 7.38. The second-order valence-corrected chi connectivity index (χ2v) is 23.9. The molecule has 0 aliphatic rings. The lowest BCUT2D eigenvalue weighted by Crippen LogP contribution is -2.56. The molecule has 0 N–H and O–H groups in total. The molecule has 7 aromatic carbocycles. The van der Waals surface area contributed by atoms with Crippen LogP contribution in [-0.4, -0.2) is 224 Å². The van der Waals surface area contributed by atoms with Crippen molar-refractivity contribution >= 4 is 390 Å². The summed E-state index contributed by atoms with van der Waals surface area (Å²) in [4.78, 5) is 17.3. The van der Waals surface area contributed by atoms with Gasteiger partial charge in [-0.2, -0.15) is 9.97 Å². The highest BCUT2D eigenvalue weighted by Gasteiger charge is 2.31. The van der Waals surface area contributed by atoms with Gasteiger partial charge in [0.2, 0.25) is 5.95 Å². The molecule has 0 spiro atoms. The smallest absolute Gasteiger partial charge is 0.238 e. The summed E-state index contributed by atoms with van der Waals surface area (Å²) in [5.74, 6) is 1.96. The number of furan rings is 1. The molecule has 0 saturated heterocycles. The number of fused-ring (bicyclic) bond motifs is 6. The molecule has 0 fully saturated rings. The lowest BCUT2D eigenvalue weighted by molar-refractivity contribution is 0.674. The summed E-state index contributed by atoms with van der Waals surface area (Å²) in [5, 5.41) is 4.85. The molecular weight excluding hydrogens is 906 g/mol. The third kappa shape index (κ3) is 7.55. The fraction of sp³-hybridized carbons (Fsp3) is 0.0217. The molecule has 31 heteroatoms. The molecule has 0 atom stereocenters. The van der Waals surface area contributed by atoms with Crippen molar-refractivity contribution in [2.24, 2.45) is 0 Å². The van der Waals surface area contributed by atoms with Crippen molar-refractivity contribution in [3.8, 4) is 51.0 Å².